The molecule has 128 valence electrons. The first-order valence-electron chi connectivity index (χ1n) is 9.16. The van der Waals surface area contributed by atoms with E-state index < -0.39 is 0 Å². The van der Waals surface area contributed by atoms with Crippen molar-refractivity contribution in [1.29, 1.82) is 0 Å². The predicted octanol–water partition coefficient (Wildman–Crippen LogP) is 3.11. The van der Waals surface area contributed by atoms with Crippen LogP contribution in [0.3, 0.4) is 0 Å². The number of rotatable bonds is 3. The minimum Gasteiger partial charge on any atom is -0.332 e. The number of carbonyl (C=O) groups is 1. The van der Waals surface area contributed by atoms with Crippen LogP contribution in [-0.2, 0) is 7.05 Å². The summed E-state index contributed by atoms with van der Waals surface area (Å²) in [4.78, 5) is 20.1. The Hall–Kier alpha value is -2.43. The van der Waals surface area contributed by atoms with E-state index in [9.17, 15) is 4.79 Å². The van der Waals surface area contributed by atoms with E-state index in [0.717, 1.165) is 55.1 Å². The van der Waals surface area contributed by atoms with Crippen molar-refractivity contribution < 1.29 is 4.79 Å². The fourth-order valence-electron chi connectivity index (χ4n) is 4.32. The first-order chi connectivity index (χ1) is 12.2. The summed E-state index contributed by atoms with van der Waals surface area (Å²) >= 11 is 0. The van der Waals surface area contributed by atoms with Gasteiger partial charge in [0.2, 0.25) is 0 Å². The minimum atomic E-state index is 0.171. The Labute approximate surface area is 147 Å². The molecule has 1 atom stereocenters. The zero-order valence-electron chi connectivity index (χ0n) is 14.5. The first-order valence-corrected chi connectivity index (χ1v) is 9.16. The maximum absolute atomic E-state index is 13.5. The largest absolute Gasteiger partial charge is 0.332 e. The Bertz CT molecular complexity index is 919. The Balaban J connectivity index is 1.50. The molecular formula is C20H22N4O. The monoisotopic (exact) mass is 334 g/mol. The standard InChI is InChI=1S/C20H22N4O/c1-23-19-4-2-3-17(18(19)12-22-23)20(25)24(15-7-8-15)16-6-5-13-10-21-11-14(13)9-16/h2-4,11-12,15-16H,5-10H2,1H3. The minimum absolute atomic E-state index is 0.171. The highest BCUT2D eigenvalue weighted by Crippen LogP contribution is 2.38. The molecule has 5 rings (SSSR count). The van der Waals surface area contributed by atoms with E-state index in [1.807, 2.05) is 42.3 Å². The molecule has 5 heteroatoms. The molecule has 5 nitrogen and oxygen atoms in total. The quantitative estimate of drug-likeness (QED) is 0.866. The molecule has 0 spiro atoms. The zero-order valence-corrected chi connectivity index (χ0v) is 14.5. The van der Waals surface area contributed by atoms with Crippen LogP contribution in [-0.4, -0.2) is 45.4 Å². The molecular weight excluding hydrogens is 312 g/mol. The van der Waals surface area contributed by atoms with Crippen molar-refractivity contribution in [3.8, 4) is 0 Å². The molecule has 2 aromatic rings. The summed E-state index contributed by atoms with van der Waals surface area (Å²) in [5.74, 6) is 0.171. The van der Waals surface area contributed by atoms with Crippen molar-refractivity contribution in [2.24, 2.45) is 12.0 Å². The Morgan fingerprint density at radius 1 is 1.24 bits per heavy atom. The lowest BCUT2D eigenvalue weighted by atomic mass is 9.88. The van der Waals surface area contributed by atoms with Gasteiger partial charge in [0.1, 0.15) is 0 Å². The summed E-state index contributed by atoms with van der Waals surface area (Å²) in [6.45, 7) is 0.869. The molecule has 2 heterocycles. The molecule has 2 aliphatic carbocycles. The number of amides is 1. The maximum Gasteiger partial charge on any atom is 0.255 e. The van der Waals surface area contributed by atoms with Gasteiger partial charge >= 0.3 is 0 Å². The number of nitrogens with zero attached hydrogens (tertiary/aromatic N) is 4. The summed E-state index contributed by atoms with van der Waals surface area (Å²) in [6, 6.07) is 6.65. The van der Waals surface area contributed by atoms with Crippen LogP contribution in [0, 0.1) is 0 Å². The van der Waals surface area contributed by atoms with E-state index in [1.165, 1.54) is 11.1 Å². The molecule has 1 amide bonds. The van der Waals surface area contributed by atoms with Gasteiger partial charge < -0.3 is 4.90 Å². The average molecular weight is 334 g/mol. The maximum atomic E-state index is 13.5. The molecule has 1 unspecified atom stereocenters. The lowest BCUT2D eigenvalue weighted by Crippen LogP contribution is -2.43. The highest BCUT2D eigenvalue weighted by molar-refractivity contribution is 6.06. The van der Waals surface area contributed by atoms with E-state index in [2.05, 4.69) is 15.0 Å². The summed E-state index contributed by atoms with van der Waals surface area (Å²) in [5, 5.41) is 5.29. The van der Waals surface area contributed by atoms with Crippen molar-refractivity contribution >= 4 is 23.0 Å². The average Bonchev–Trinajstić information content (AvgIpc) is 3.22. The highest BCUT2D eigenvalue weighted by Gasteiger charge is 2.40. The van der Waals surface area contributed by atoms with Crippen LogP contribution in [0.4, 0.5) is 0 Å². The third-order valence-corrected chi connectivity index (χ3v) is 5.81. The van der Waals surface area contributed by atoms with E-state index in [0.29, 0.717) is 12.1 Å². The molecule has 0 N–H and O–H groups in total. The SMILES string of the molecule is Cn1ncc2c(C(=O)N(C3CC3)C3CCC4=C(C=NC4)C3)cccc21. The number of aryl methyl sites for hydroxylation is 1. The summed E-state index contributed by atoms with van der Waals surface area (Å²) in [5.41, 5.74) is 4.65. The van der Waals surface area contributed by atoms with E-state index in [-0.39, 0.29) is 5.91 Å². The second-order valence-electron chi connectivity index (χ2n) is 7.45. The number of aromatic nitrogens is 2. The van der Waals surface area contributed by atoms with Crippen LogP contribution in [0.2, 0.25) is 0 Å². The van der Waals surface area contributed by atoms with Crippen molar-refractivity contribution in [3.05, 3.63) is 41.1 Å². The predicted molar refractivity (Wildman–Crippen MR) is 97.9 cm³/mol. The number of benzene rings is 1. The van der Waals surface area contributed by atoms with E-state index in [1.54, 1.807) is 0 Å². The number of aliphatic imine (C=N–C) groups is 1. The smallest absolute Gasteiger partial charge is 0.255 e. The van der Waals surface area contributed by atoms with Gasteiger partial charge in [-0.15, -0.1) is 0 Å². The van der Waals surface area contributed by atoms with Gasteiger partial charge in [0.05, 0.1) is 23.8 Å². The molecule has 1 fully saturated rings. The summed E-state index contributed by atoms with van der Waals surface area (Å²) < 4.78 is 1.83. The second-order valence-corrected chi connectivity index (χ2v) is 7.45. The van der Waals surface area contributed by atoms with Gasteiger partial charge in [-0.3, -0.25) is 14.5 Å². The van der Waals surface area contributed by atoms with Crippen molar-refractivity contribution in [1.82, 2.24) is 14.7 Å². The fraction of sp³-hybridized carbons (Fsp3) is 0.450. The van der Waals surface area contributed by atoms with Gasteiger partial charge in [0.15, 0.2) is 0 Å². The van der Waals surface area contributed by atoms with Crippen LogP contribution in [0.15, 0.2) is 40.5 Å². The van der Waals surface area contributed by atoms with Crippen LogP contribution in [0.1, 0.15) is 42.5 Å². The molecule has 0 bridgehead atoms. The Morgan fingerprint density at radius 2 is 2.12 bits per heavy atom. The van der Waals surface area contributed by atoms with Gasteiger partial charge in [0, 0.05) is 30.7 Å². The lowest BCUT2D eigenvalue weighted by molar-refractivity contribution is 0.0647. The van der Waals surface area contributed by atoms with Gasteiger partial charge in [-0.1, -0.05) is 6.07 Å². The lowest BCUT2D eigenvalue weighted by Gasteiger charge is -2.35. The molecule has 0 radical (unpaired) electrons. The number of hydrogen-bond donors (Lipinski definition) is 0. The number of fused-ring (bicyclic) bond motifs is 1. The number of hydrogen-bond acceptors (Lipinski definition) is 3. The fourth-order valence-corrected chi connectivity index (χ4v) is 4.32. The molecule has 1 aromatic heterocycles. The summed E-state index contributed by atoms with van der Waals surface area (Å²) in [6.07, 6.45) is 9.21. The van der Waals surface area contributed by atoms with Crippen molar-refractivity contribution in [2.75, 3.05) is 6.54 Å². The third kappa shape index (κ3) is 2.41. The normalized spacial score (nSPS) is 22.5. The van der Waals surface area contributed by atoms with Gasteiger partial charge in [0.25, 0.3) is 5.91 Å². The number of carbonyl (C=O) groups excluding carboxylic acids is 1. The Kier molecular flexibility index (Phi) is 3.30. The van der Waals surface area contributed by atoms with Crippen molar-refractivity contribution in [2.45, 2.75) is 44.2 Å². The van der Waals surface area contributed by atoms with Crippen LogP contribution >= 0.6 is 0 Å². The first kappa shape index (κ1) is 14.9. The molecule has 1 aromatic carbocycles. The van der Waals surface area contributed by atoms with Crippen LogP contribution < -0.4 is 0 Å². The molecule has 0 saturated heterocycles. The molecule has 1 saturated carbocycles. The van der Waals surface area contributed by atoms with Crippen LogP contribution in [0.25, 0.3) is 10.9 Å². The van der Waals surface area contributed by atoms with Gasteiger partial charge in [-0.05, 0) is 55.4 Å². The van der Waals surface area contributed by atoms with Gasteiger partial charge in [-0.2, -0.15) is 5.10 Å². The van der Waals surface area contributed by atoms with E-state index >= 15 is 0 Å². The topological polar surface area (TPSA) is 50.5 Å². The second kappa shape index (κ2) is 5.55. The van der Waals surface area contributed by atoms with Crippen molar-refractivity contribution in [3.63, 3.8) is 0 Å². The van der Waals surface area contributed by atoms with Gasteiger partial charge in [-0.25, -0.2) is 0 Å². The van der Waals surface area contributed by atoms with Crippen LogP contribution in [0.5, 0.6) is 0 Å². The molecule has 25 heavy (non-hydrogen) atoms. The summed E-state index contributed by atoms with van der Waals surface area (Å²) in [7, 11) is 1.92. The molecule has 3 aliphatic rings. The third-order valence-electron chi connectivity index (χ3n) is 5.81. The Morgan fingerprint density at radius 3 is 2.96 bits per heavy atom. The van der Waals surface area contributed by atoms with E-state index in [4.69, 9.17) is 0 Å². The zero-order chi connectivity index (χ0) is 17.0. The highest BCUT2D eigenvalue weighted by atomic mass is 16.2. The molecule has 1 aliphatic heterocycles.